The number of nitrogens with one attached hydrogen (secondary N) is 2. The lowest BCUT2D eigenvalue weighted by Crippen LogP contribution is -2.34. The second kappa shape index (κ2) is 8.05. The Balaban J connectivity index is 1.53. The van der Waals surface area contributed by atoms with Crippen LogP contribution in [0.25, 0.3) is 0 Å². The summed E-state index contributed by atoms with van der Waals surface area (Å²) in [6.45, 7) is 1.50. The number of hydrogen-bond acceptors (Lipinski definition) is 5. The van der Waals surface area contributed by atoms with Crippen molar-refractivity contribution in [3.05, 3.63) is 54.6 Å². The second-order valence-electron chi connectivity index (χ2n) is 5.78. The topological polar surface area (TPSA) is 84.5 Å². The van der Waals surface area contributed by atoms with Gasteiger partial charge in [0.2, 0.25) is 5.91 Å². The van der Waals surface area contributed by atoms with Gasteiger partial charge in [0, 0.05) is 10.6 Å². The van der Waals surface area contributed by atoms with E-state index >= 15 is 0 Å². The maximum Gasteiger partial charge on any atom is 0.308 e. The monoisotopic (exact) mass is 370 g/mol. The first kappa shape index (κ1) is 18.0. The molecule has 26 heavy (non-hydrogen) atoms. The van der Waals surface area contributed by atoms with Crippen molar-refractivity contribution in [2.75, 3.05) is 10.6 Å². The number of carbonyl (C=O) groups is 3. The largest absolute Gasteiger partial charge is 0.452 e. The quantitative estimate of drug-likeness (QED) is 0.790. The molecule has 0 unspecified atom stereocenters. The lowest BCUT2D eigenvalue weighted by Gasteiger charge is -2.23. The van der Waals surface area contributed by atoms with Gasteiger partial charge in [-0.15, -0.1) is 11.8 Å². The van der Waals surface area contributed by atoms with Crippen molar-refractivity contribution in [3.63, 3.8) is 0 Å². The van der Waals surface area contributed by atoms with E-state index in [2.05, 4.69) is 10.6 Å². The minimum absolute atomic E-state index is 0.103. The highest BCUT2D eigenvalue weighted by atomic mass is 32.2. The van der Waals surface area contributed by atoms with Crippen LogP contribution in [0.2, 0.25) is 0 Å². The fourth-order valence-electron chi connectivity index (χ4n) is 2.44. The summed E-state index contributed by atoms with van der Waals surface area (Å²) in [5.74, 6) is -1.25. The fourth-order valence-corrected chi connectivity index (χ4v) is 3.54. The minimum atomic E-state index is -0.952. The Labute approximate surface area is 155 Å². The number of ether oxygens (including phenoxy) is 1. The lowest BCUT2D eigenvalue weighted by molar-refractivity contribution is -0.153. The molecule has 6 nitrogen and oxygen atoms in total. The summed E-state index contributed by atoms with van der Waals surface area (Å²) in [6.07, 6.45) is -1.06. The normalized spacial score (nSPS) is 16.8. The van der Waals surface area contributed by atoms with Crippen molar-refractivity contribution in [2.45, 2.75) is 29.6 Å². The predicted molar refractivity (Wildman–Crippen MR) is 100.0 cm³/mol. The molecule has 2 N–H and O–H groups in total. The molecule has 2 amide bonds. The van der Waals surface area contributed by atoms with E-state index in [1.165, 1.54) is 18.7 Å². The molecule has 0 radical (unpaired) electrons. The molecule has 2 atom stereocenters. The number of hydrogen-bond donors (Lipinski definition) is 2. The molecule has 0 aromatic heterocycles. The smallest absolute Gasteiger partial charge is 0.308 e. The molecule has 7 heteroatoms. The van der Waals surface area contributed by atoms with Crippen molar-refractivity contribution in [2.24, 2.45) is 0 Å². The number of benzene rings is 2. The summed E-state index contributed by atoms with van der Waals surface area (Å²) in [7, 11) is 0. The molecule has 0 aliphatic carbocycles. The van der Waals surface area contributed by atoms with Crippen molar-refractivity contribution in [1.82, 2.24) is 0 Å². The summed E-state index contributed by atoms with van der Waals surface area (Å²) in [4.78, 5) is 37.3. The molecule has 1 aliphatic heterocycles. The zero-order valence-electron chi connectivity index (χ0n) is 14.1. The minimum Gasteiger partial charge on any atom is -0.452 e. The number of anilines is 2. The molecule has 1 heterocycles. The van der Waals surface area contributed by atoms with Crippen LogP contribution in [-0.4, -0.2) is 29.1 Å². The zero-order chi connectivity index (χ0) is 18.5. The SMILES string of the molecule is C[C@@H](OC(=O)C[C@H]1Sc2ccccc2NC1=O)C(=O)Nc1ccccc1. The second-order valence-corrected chi connectivity index (χ2v) is 7.03. The van der Waals surface area contributed by atoms with Gasteiger partial charge < -0.3 is 15.4 Å². The molecular weight excluding hydrogens is 352 g/mol. The van der Waals surface area contributed by atoms with Crippen molar-refractivity contribution in [1.29, 1.82) is 0 Å². The van der Waals surface area contributed by atoms with E-state index in [-0.39, 0.29) is 12.3 Å². The third-order valence-corrected chi connectivity index (χ3v) is 5.05. The number of esters is 1. The lowest BCUT2D eigenvalue weighted by atomic mass is 10.2. The maximum absolute atomic E-state index is 12.1. The summed E-state index contributed by atoms with van der Waals surface area (Å²) in [6, 6.07) is 16.3. The molecule has 0 saturated heterocycles. The summed E-state index contributed by atoms with van der Waals surface area (Å²) < 4.78 is 5.18. The molecule has 2 aromatic carbocycles. The molecule has 1 aliphatic rings. The Morgan fingerprint density at radius 1 is 1.15 bits per heavy atom. The highest BCUT2D eigenvalue weighted by molar-refractivity contribution is 8.01. The first-order chi connectivity index (χ1) is 12.5. The van der Waals surface area contributed by atoms with Gasteiger partial charge in [-0.05, 0) is 31.2 Å². The van der Waals surface area contributed by atoms with E-state index in [1.807, 2.05) is 30.3 Å². The van der Waals surface area contributed by atoms with Crippen LogP contribution in [0.4, 0.5) is 11.4 Å². The number of thioether (sulfide) groups is 1. The molecule has 0 saturated carbocycles. The highest BCUT2D eigenvalue weighted by Gasteiger charge is 2.30. The van der Waals surface area contributed by atoms with E-state index in [4.69, 9.17) is 4.74 Å². The van der Waals surface area contributed by atoms with Crippen LogP contribution in [-0.2, 0) is 19.1 Å². The molecule has 134 valence electrons. The first-order valence-corrected chi connectivity index (χ1v) is 9.03. The van der Waals surface area contributed by atoms with E-state index in [0.717, 1.165) is 10.6 Å². The Morgan fingerprint density at radius 3 is 2.62 bits per heavy atom. The van der Waals surface area contributed by atoms with E-state index in [0.29, 0.717) is 5.69 Å². The molecular formula is C19H18N2O4S. The number of carbonyl (C=O) groups excluding carboxylic acids is 3. The van der Waals surface area contributed by atoms with Crippen LogP contribution in [0, 0.1) is 0 Å². The average molecular weight is 370 g/mol. The third kappa shape index (κ3) is 4.43. The molecule has 2 aromatic rings. The fraction of sp³-hybridized carbons (Fsp3) is 0.211. The van der Waals surface area contributed by atoms with Gasteiger partial charge in [0.05, 0.1) is 17.4 Å². The van der Waals surface area contributed by atoms with Gasteiger partial charge >= 0.3 is 5.97 Å². The van der Waals surface area contributed by atoms with Crippen LogP contribution < -0.4 is 10.6 Å². The molecule has 3 rings (SSSR count). The summed E-state index contributed by atoms with van der Waals surface area (Å²) in [5, 5.41) is 4.87. The Hall–Kier alpha value is -2.80. The van der Waals surface area contributed by atoms with Gasteiger partial charge in [-0.3, -0.25) is 14.4 Å². The van der Waals surface area contributed by atoms with Crippen molar-refractivity contribution < 1.29 is 19.1 Å². The Kier molecular flexibility index (Phi) is 5.58. The zero-order valence-corrected chi connectivity index (χ0v) is 14.9. The van der Waals surface area contributed by atoms with Crippen molar-refractivity contribution in [3.8, 4) is 0 Å². The number of fused-ring (bicyclic) bond motifs is 1. The number of amides is 2. The van der Waals surface area contributed by atoms with Crippen LogP contribution in [0.5, 0.6) is 0 Å². The summed E-state index contributed by atoms with van der Waals surface area (Å²) in [5.41, 5.74) is 1.36. The van der Waals surface area contributed by atoms with Crippen LogP contribution in [0.15, 0.2) is 59.5 Å². The first-order valence-electron chi connectivity index (χ1n) is 8.15. The van der Waals surface area contributed by atoms with Crippen molar-refractivity contribution >= 4 is 40.9 Å². The van der Waals surface area contributed by atoms with E-state index in [9.17, 15) is 14.4 Å². The van der Waals surface area contributed by atoms with Gasteiger partial charge in [-0.25, -0.2) is 0 Å². The summed E-state index contributed by atoms with van der Waals surface area (Å²) >= 11 is 1.32. The predicted octanol–water partition coefficient (Wildman–Crippen LogP) is 3.06. The molecule has 0 spiro atoms. The van der Waals surface area contributed by atoms with E-state index < -0.39 is 23.2 Å². The van der Waals surface area contributed by atoms with Gasteiger partial charge in [0.25, 0.3) is 5.91 Å². The highest BCUT2D eigenvalue weighted by Crippen LogP contribution is 2.36. The average Bonchev–Trinajstić information content (AvgIpc) is 2.63. The van der Waals surface area contributed by atoms with Crippen LogP contribution >= 0.6 is 11.8 Å². The standard InChI is InChI=1S/C19H18N2O4S/c1-12(18(23)20-13-7-3-2-4-8-13)25-17(22)11-16-19(24)21-14-9-5-6-10-15(14)26-16/h2-10,12,16H,11H2,1H3,(H,20,23)(H,21,24)/t12-,16-/m1/s1. The maximum atomic E-state index is 12.1. The number of para-hydroxylation sites is 2. The number of rotatable bonds is 5. The van der Waals surface area contributed by atoms with Gasteiger partial charge in [0.1, 0.15) is 0 Å². The van der Waals surface area contributed by atoms with Gasteiger partial charge in [-0.2, -0.15) is 0 Å². The van der Waals surface area contributed by atoms with Gasteiger partial charge in [0.15, 0.2) is 6.10 Å². The van der Waals surface area contributed by atoms with E-state index in [1.54, 1.807) is 24.3 Å². The Morgan fingerprint density at radius 2 is 1.85 bits per heavy atom. The third-order valence-electron chi connectivity index (χ3n) is 3.78. The molecule has 0 bridgehead atoms. The van der Waals surface area contributed by atoms with Crippen LogP contribution in [0.1, 0.15) is 13.3 Å². The molecule has 0 fully saturated rings. The Bertz CT molecular complexity index is 825. The van der Waals surface area contributed by atoms with Crippen LogP contribution in [0.3, 0.4) is 0 Å². The van der Waals surface area contributed by atoms with Gasteiger partial charge in [-0.1, -0.05) is 30.3 Å².